The lowest BCUT2D eigenvalue weighted by Crippen LogP contribution is -1.80. The molecule has 2 heterocycles. The molecule has 0 aliphatic rings. The Kier molecular flexibility index (Phi) is 5.25. The topological polar surface area (TPSA) is 78.1 Å². The Hall–Kier alpha value is -2.24. The van der Waals surface area contributed by atoms with E-state index in [1.54, 1.807) is 19.3 Å². The van der Waals surface area contributed by atoms with E-state index in [1.165, 1.54) is 6.39 Å². The molecule has 0 radical (unpaired) electrons. The Morgan fingerprint density at radius 3 is 2.88 bits per heavy atom. The van der Waals surface area contributed by atoms with Crippen LogP contribution >= 0.6 is 0 Å². The van der Waals surface area contributed by atoms with Crippen molar-refractivity contribution >= 4 is 6.47 Å². The highest BCUT2D eigenvalue weighted by atomic mass is 16.5. The van der Waals surface area contributed by atoms with Crippen LogP contribution in [0.4, 0.5) is 0 Å². The number of rotatable bonds is 3. The van der Waals surface area contributed by atoms with Gasteiger partial charge in [-0.3, -0.25) is 9.78 Å². The molecule has 84 valence electrons. The summed E-state index contributed by atoms with van der Waals surface area (Å²) in [7, 11) is 0. The molecule has 0 aromatic carbocycles. The summed E-state index contributed by atoms with van der Waals surface area (Å²) in [4.78, 5) is 13.1. The van der Waals surface area contributed by atoms with Crippen molar-refractivity contribution in [2.75, 3.05) is 6.61 Å². The van der Waals surface area contributed by atoms with E-state index >= 15 is 0 Å². The van der Waals surface area contributed by atoms with Crippen LogP contribution in [0.3, 0.4) is 0 Å². The number of hydrogen-bond donors (Lipinski definition) is 0. The lowest BCUT2D eigenvalue weighted by atomic mass is 10.3. The van der Waals surface area contributed by atoms with Gasteiger partial charge in [-0.2, -0.15) is 0 Å². The molecule has 0 N–H and O–H groups in total. The van der Waals surface area contributed by atoms with E-state index in [2.05, 4.69) is 19.9 Å². The summed E-state index contributed by atoms with van der Waals surface area (Å²) in [5.74, 6) is 0.498. The van der Waals surface area contributed by atoms with Crippen molar-refractivity contribution in [3.05, 3.63) is 30.9 Å². The SMILES string of the molecule is CCOC=O.c1cncc(-c2nnco2)c1. The molecule has 0 bridgehead atoms. The standard InChI is InChI=1S/C7H5N3O.C3H6O2/c1-2-6(4-8-3-1)7-10-9-5-11-7;1-2-5-3-4/h1-5H;3H,2H2,1H3. The summed E-state index contributed by atoms with van der Waals surface area (Å²) in [5.41, 5.74) is 0.838. The van der Waals surface area contributed by atoms with Crippen molar-refractivity contribution in [1.29, 1.82) is 0 Å². The van der Waals surface area contributed by atoms with E-state index in [1.807, 2.05) is 12.1 Å². The fraction of sp³-hybridized carbons (Fsp3) is 0.200. The first-order valence-electron chi connectivity index (χ1n) is 4.60. The van der Waals surface area contributed by atoms with Crippen LogP contribution in [0.25, 0.3) is 11.5 Å². The van der Waals surface area contributed by atoms with Crippen LogP contribution in [0, 0.1) is 0 Å². The third-order valence-electron chi connectivity index (χ3n) is 1.50. The van der Waals surface area contributed by atoms with Gasteiger partial charge in [-0.1, -0.05) is 0 Å². The summed E-state index contributed by atoms with van der Waals surface area (Å²) in [6.07, 6.45) is 4.66. The zero-order valence-electron chi connectivity index (χ0n) is 8.74. The molecule has 0 aliphatic heterocycles. The van der Waals surface area contributed by atoms with E-state index in [0.717, 1.165) is 5.56 Å². The molecule has 0 amide bonds. The van der Waals surface area contributed by atoms with Gasteiger partial charge in [0.15, 0.2) is 0 Å². The molecule has 0 aliphatic carbocycles. The van der Waals surface area contributed by atoms with E-state index < -0.39 is 0 Å². The second kappa shape index (κ2) is 7.10. The second-order valence-electron chi connectivity index (χ2n) is 2.54. The van der Waals surface area contributed by atoms with Crippen LogP contribution in [0.15, 0.2) is 35.3 Å². The summed E-state index contributed by atoms with van der Waals surface area (Å²) in [5, 5.41) is 7.28. The number of carbonyl (C=O) groups excluding carboxylic acids is 1. The fourth-order valence-electron chi connectivity index (χ4n) is 0.856. The maximum Gasteiger partial charge on any atom is 0.293 e. The van der Waals surface area contributed by atoms with Crippen LogP contribution in [0.1, 0.15) is 6.92 Å². The first-order valence-corrected chi connectivity index (χ1v) is 4.60. The summed E-state index contributed by atoms with van der Waals surface area (Å²) in [6, 6.07) is 3.68. The zero-order chi connectivity index (χ0) is 11.6. The molecule has 2 aromatic heterocycles. The predicted molar refractivity (Wildman–Crippen MR) is 55.2 cm³/mol. The smallest absolute Gasteiger partial charge is 0.293 e. The number of ether oxygens (including phenoxy) is 1. The molecule has 0 spiro atoms. The van der Waals surface area contributed by atoms with Gasteiger partial charge in [-0.15, -0.1) is 10.2 Å². The molecule has 0 unspecified atom stereocenters. The highest BCUT2D eigenvalue weighted by Crippen LogP contribution is 2.12. The predicted octanol–water partition coefficient (Wildman–Crippen LogP) is 1.31. The Balaban J connectivity index is 0.000000221. The lowest BCUT2D eigenvalue weighted by molar-refractivity contribution is -0.128. The summed E-state index contributed by atoms with van der Waals surface area (Å²) in [6.45, 7) is 2.66. The van der Waals surface area contributed by atoms with Gasteiger partial charge >= 0.3 is 0 Å². The van der Waals surface area contributed by atoms with Gasteiger partial charge in [0.2, 0.25) is 12.3 Å². The van der Waals surface area contributed by atoms with Crippen molar-refractivity contribution in [1.82, 2.24) is 15.2 Å². The number of aromatic nitrogens is 3. The highest BCUT2D eigenvalue weighted by Gasteiger charge is 2.00. The van der Waals surface area contributed by atoms with Crippen LogP contribution in [-0.4, -0.2) is 28.3 Å². The fourth-order valence-corrected chi connectivity index (χ4v) is 0.856. The third kappa shape index (κ3) is 3.87. The summed E-state index contributed by atoms with van der Waals surface area (Å²) >= 11 is 0. The number of pyridine rings is 1. The molecule has 0 saturated carbocycles. The van der Waals surface area contributed by atoms with Gasteiger partial charge in [0, 0.05) is 12.4 Å². The molecule has 0 fully saturated rings. The molecule has 2 rings (SSSR count). The third-order valence-corrected chi connectivity index (χ3v) is 1.50. The Morgan fingerprint density at radius 2 is 2.44 bits per heavy atom. The average Bonchev–Trinajstić information content (AvgIpc) is 2.86. The Bertz CT molecular complexity index is 389. The number of nitrogens with zero attached hydrogens (tertiary/aromatic N) is 3. The Labute approximate surface area is 92.3 Å². The van der Waals surface area contributed by atoms with Crippen molar-refractivity contribution in [2.45, 2.75) is 6.92 Å². The number of carbonyl (C=O) groups is 1. The molecule has 6 nitrogen and oxygen atoms in total. The van der Waals surface area contributed by atoms with Crippen molar-refractivity contribution < 1.29 is 13.9 Å². The first-order chi connectivity index (χ1) is 7.88. The maximum absolute atomic E-state index is 9.18. The Morgan fingerprint density at radius 1 is 1.56 bits per heavy atom. The first kappa shape index (κ1) is 11.8. The van der Waals surface area contributed by atoms with E-state index in [9.17, 15) is 4.79 Å². The number of hydrogen-bond acceptors (Lipinski definition) is 6. The molecule has 0 saturated heterocycles. The van der Waals surface area contributed by atoms with Crippen molar-refractivity contribution in [3.63, 3.8) is 0 Å². The van der Waals surface area contributed by atoms with Gasteiger partial charge in [-0.05, 0) is 19.1 Å². The molecule has 16 heavy (non-hydrogen) atoms. The van der Waals surface area contributed by atoms with Crippen LogP contribution < -0.4 is 0 Å². The molecular formula is C10H11N3O3. The van der Waals surface area contributed by atoms with Crippen molar-refractivity contribution in [2.24, 2.45) is 0 Å². The van der Waals surface area contributed by atoms with E-state index in [-0.39, 0.29) is 0 Å². The molecule has 2 aromatic rings. The van der Waals surface area contributed by atoms with Crippen LogP contribution in [0.2, 0.25) is 0 Å². The van der Waals surface area contributed by atoms with Gasteiger partial charge < -0.3 is 9.15 Å². The quantitative estimate of drug-likeness (QED) is 0.727. The monoisotopic (exact) mass is 221 g/mol. The molecule has 0 atom stereocenters. The minimum absolute atomic E-state index is 0.431. The molecule has 6 heteroatoms. The highest BCUT2D eigenvalue weighted by molar-refractivity contribution is 5.49. The largest absolute Gasteiger partial charge is 0.468 e. The van der Waals surface area contributed by atoms with E-state index in [4.69, 9.17) is 4.42 Å². The summed E-state index contributed by atoms with van der Waals surface area (Å²) < 4.78 is 9.11. The van der Waals surface area contributed by atoms with Gasteiger partial charge in [-0.25, -0.2) is 0 Å². The normalized spacial score (nSPS) is 8.81. The van der Waals surface area contributed by atoms with E-state index in [0.29, 0.717) is 19.0 Å². The van der Waals surface area contributed by atoms with Gasteiger partial charge in [0.1, 0.15) is 0 Å². The maximum atomic E-state index is 9.18. The minimum Gasteiger partial charge on any atom is -0.468 e. The average molecular weight is 221 g/mol. The van der Waals surface area contributed by atoms with Gasteiger partial charge in [0.05, 0.1) is 12.2 Å². The van der Waals surface area contributed by atoms with Crippen LogP contribution in [0.5, 0.6) is 0 Å². The van der Waals surface area contributed by atoms with Crippen LogP contribution in [-0.2, 0) is 9.53 Å². The van der Waals surface area contributed by atoms with Crippen molar-refractivity contribution in [3.8, 4) is 11.5 Å². The zero-order valence-corrected chi connectivity index (χ0v) is 8.74. The minimum atomic E-state index is 0.431. The second-order valence-corrected chi connectivity index (χ2v) is 2.54. The lowest BCUT2D eigenvalue weighted by Gasteiger charge is -1.89. The molecular weight excluding hydrogens is 210 g/mol. The van der Waals surface area contributed by atoms with Gasteiger partial charge in [0.25, 0.3) is 6.47 Å².